The fourth-order valence-corrected chi connectivity index (χ4v) is 3.73. The highest BCUT2D eigenvalue weighted by atomic mass is 16.3. The second kappa shape index (κ2) is 7.99. The highest BCUT2D eigenvalue weighted by Gasteiger charge is 2.24. The molecular weight excluding hydrogens is 302 g/mol. The molecule has 0 saturated carbocycles. The number of amides is 1. The zero-order valence-electron chi connectivity index (χ0n) is 14.6. The van der Waals surface area contributed by atoms with Crippen molar-refractivity contribution in [1.29, 1.82) is 0 Å². The number of nitrogens with one attached hydrogen (secondary N) is 1. The van der Waals surface area contributed by atoms with Gasteiger partial charge >= 0.3 is 0 Å². The van der Waals surface area contributed by atoms with Gasteiger partial charge < -0.3 is 15.3 Å². The third-order valence-corrected chi connectivity index (χ3v) is 5.25. The van der Waals surface area contributed by atoms with Crippen LogP contribution in [0.2, 0.25) is 0 Å². The number of likely N-dealkylation sites (tertiary alicyclic amines) is 1. The quantitative estimate of drug-likeness (QED) is 0.856. The Kier molecular flexibility index (Phi) is 5.74. The lowest BCUT2D eigenvalue weighted by Crippen LogP contribution is -2.43. The van der Waals surface area contributed by atoms with E-state index in [4.69, 9.17) is 0 Å². The zero-order chi connectivity index (χ0) is 16.9. The fraction of sp³-hybridized carbons (Fsp3) is 0.632. The number of carbonyl (C=O) groups is 1. The van der Waals surface area contributed by atoms with E-state index in [-0.39, 0.29) is 12.0 Å². The van der Waals surface area contributed by atoms with Crippen LogP contribution in [0.5, 0.6) is 0 Å². The number of para-hydroxylation sites is 1. The predicted molar refractivity (Wildman–Crippen MR) is 96.2 cm³/mol. The van der Waals surface area contributed by atoms with Gasteiger partial charge in [0, 0.05) is 38.4 Å². The van der Waals surface area contributed by atoms with Crippen LogP contribution in [0.15, 0.2) is 24.3 Å². The number of aryl methyl sites for hydroxylation is 1. The van der Waals surface area contributed by atoms with Crippen molar-refractivity contribution < 1.29 is 9.90 Å². The van der Waals surface area contributed by atoms with Crippen LogP contribution in [0.1, 0.15) is 24.8 Å². The maximum absolute atomic E-state index is 12.1. The average Bonchev–Trinajstić information content (AvgIpc) is 3.04. The number of carbonyl (C=O) groups excluding carboxylic acids is 1. The molecule has 2 heterocycles. The highest BCUT2D eigenvalue weighted by molar-refractivity contribution is 5.78. The number of aliphatic hydroxyl groups excluding tert-OH is 1. The van der Waals surface area contributed by atoms with Crippen molar-refractivity contribution >= 4 is 11.6 Å². The standard InChI is InChI=1S/C19H29N3O2/c1-15-4-2-3-5-18(15)22-11-6-16(13-22)12-20-19(24)14-21-9-7-17(23)8-10-21/h2-5,16-17,23H,6-14H2,1H3,(H,20,24)/t16-/m1/s1. The minimum atomic E-state index is -0.185. The van der Waals surface area contributed by atoms with E-state index >= 15 is 0 Å². The van der Waals surface area contributed by atoms with Crippen molar-refractivity contribution in [3.8, 4) is 0 Å². The van der Waals surface area contributed by atoms with Crippen molar-refractivity contribution in [2.24, 2.45) is 5.92 Å². The zero-order valence-corrected chi connectivity index (χ0v) is 14.6. The van der Waals surface area contributed by atoms with Gasteiger partial charge in [0.1, 0.15) is 0 Å². The lowest BCUT2D eigenvalue weighted by atomic mass is 10.1. The van der Waals surface area contributed by atoms with Crippen molar-refractivity contribution in [2.75, 3.05) is 44.2 Å². The van der Waals surface area contributed by atoms with Crippen molar-refractivity contribution in [3.63, 3.8) is 0 Å². The van der Waals surface area contributed by atoms with E-state index in [1.807, 2.05) is 0 Å². The van der Waals surface area contributed by atoms with Crippen LogP contribution < -0.4 is 10.2 Å². The fourth-order valence-electron chi connectivity index (χ4n) is 3.73. The molecule has 0 aromatic heterocycles. The van der Waals surface area contributed by atoms with Gasteiger partial charge in [-0.2, -0.15) is 0 Å². The number of nitrogens with zero attached hydrogens (tertiary/aromatic N) is 2. The van der Waals surface area contributed by atoms with Crippen molar-refractivity contribution in [2.45, 2.75) is 32.3 Å². The first kappa shape index (κ1) is 17.2. The molecule has 24 heavy (non-hydrogen) atoms. The summed E-state index contributed by atoms with van der Waals surface area (Å²) in [4.78, 5) is 16.7. The molecule has 1 aromatic rings. The summed E-state index contributed by atoms with van der Waals surface area (Å²) in [6, 6.07) is 8.50. The normalized spacial score (nSPS) is 22.8. The van der Waals surface area contributed by atoms with E-state index in [9.17, 15) is 9.90 Å². The number of aliphatic hydroxyl groups is 1. The molecule has 1 amide bonds. The van der Waals surface area contributed by atoms with E-state index in [0.717, 1.165) is 52.0 Å². The van der Waals surface area contributed by atoms with Gasteiger partial charge in [-0.1, -0.05) is 18.2 Å². The molecule has 0 radical (unpaired) electrons. The third kappa shape index (κ3) is 4.48. The summed E-state index contributed by atoms with van der Waals surface area (Å²) in [5.41, 5.74) is 2.63. The van der Waals surface area contributed by atoms with Gasteiger partial charge in [-0.15, -0.1) is 0 Å². The highest BCUT2D eigenvalue weighted by Crippen LogP contribution is 2.26. The molecule has 2 saturated heterocycles. The molecule has 0 bridgehead atoms. The van der Waals surface area contributed by atoms with Crippen LogP contribution in [0, 0.1) is 12.8 Å². The van der Waals surface area contributed by atoms with Crippen molar-refractivity contribution in [1.82, 2.24) is 10.2 Å². The molecule has 0 unspecified atom stereocenters. The Morgan fingerprint density at radius 1 is 1.21 bits per heavy atom. The van der Waals surface area contributed by atoms with Crippen LogP contribution in [-0.2, 0) is 4.79 Å². The van der Waals surface area contributed by atoms with Crippen LogP contribution >= 0.6 is 0 Å². The summed E-state index contributed by atoms with van der Waals surface area (Å²) in [7, 11) is 0. The molecule has 1 atom stereocenters. The van der Waals surface area contributed by atoms with E-state index in [1.165, 1.54) is 11.3 Å². The first-order chi connectivity index (χ1) is 11.6. The van der Waals surface area contributed by atoms with Gasteiger partial charge in [0.2, 0.25) is 5.91 Å². The Balaban J connectivity index is 1.40. The molecule has 2 aliphatic heterocycles. The van der Waals surface area contributed by atoms with Gasteiger partial charge in [-0.05, 0) is 43.7 Å². The largest absolute Gasteiger partial charge is 0.393 e. The van der Waals surface area contributed by atoms with Crippen LogP contribution in [0.4, 0.5) is 5.69 Å². The van der Waals surface area contributed by atoms with E-state index in [1.54, 1.807) is 0 Å². The first-order valence-electron chi connectivity index (χ1n) is 9.09. The molecule has 2 fully saturated rings. The SMILES string of the molecule is Cc1ccccc1N1CC[C@H](CNC(=O)CN2CCC(O)CC2)C1. The Labute approximate surface area is 144 Å². The molecule has 3 rings (SSSR count). The number of piperidine rings is 1. The molecule has 0 aliphatic carbocycles. The molecule has 2 N–H and O–H groups in total. The van der Waals surface area contributed by atoms with Gasteiger partial charge in [0.15, 0.2) is 0 Å². The summed E-state index contributed by atoms with van der Waals surface area (Å²) < 4.78 is 0. The van der Waals surface area contributed by atoms with Crippen LogP contribution in [0.3, 0.4) is 0 Å². The van der Waals surface area contributed by atoms with E-state index < -0.39 is 0 Å². The monoisotopic (exact) mass is 331 g/mol. The summed E-state index contributed by atoms with van der Waals surface area (Å²) in [5.74, 6) is 0.637. The Morgan fingerprint density at radius 2 is 1.96 bits per heavy atom. The summed E-state index contributed by atoms with van der Waals surface area (Å²) >= 11 is 0. The summed E-state index contributed by atoms with van der Waals surface area (Å²) in [6.07, 6.45) is 2.50. The maximum Gasteiger partial charge on any atom is 0.234 e. The number of benzene rings is 1. The summed E-state index contributed by atoms with van der Waals surface area (Å²) in [5, 5.41) is 12.6. The number of hydrogen-bond acceptors (Lipinski definition) is 4. The van der Waals surface area contributed by atoms with Crippen LogP contribution in [0.25, 0.3) is 0 Å². The van der Waals surface area contributed by atoms with Gasteiger partial charge in [0.05, 0.1) is 12.6 Å². The Morgan fingerprint density at radius 3 is 2.71 bits per heavy atom. The van der Waals surface area contributed by atoms with Gasteiger partial charge in [0.25, 0.3) is 0 Å². The molecule has 0 spiro atoms. The average molecular weight is 331 g/mol. The Hall–Kier alpha value is -1.59. The third-order valence-electron chi connectivity index (χ3n) is 5.25. The molecule has 132 valence electrons. The maximum atomic E-state index is 12.1. The molecule has 2 aliphatic rings. The molecule has 1 aromatic carbocycles. The minimum absolute atomic E-state index is 0.112. The number of anilines is 1. The first-order valence-corrected chi connectivity index (χ1v) is 9.09. The topological polar surface area (TPSA) is 55.8 Å². The molecule has 5 nitrogen and oxygen atoms in total. The van der Waals surface area contributed by atoms with Gasteiger partial charge in [-0.3, -0.25) is 9.69 Å². The molecular formula is C19H29N3O2. The number of rotatable bonds is 5. The second-order valence-electron chi connectivity index (χ2n) is 7.20. The second-order valence-corrected chi connectivity index (χ2v) is 7.20. The lowest BCUT2D eigenvalue weighted by molar-refractivity contribution is -0.122. The minimum Gasteiger partial charge on any atom is -0.393 e. The van der Waals surface area contributed by atoms with E-state index in [2.05, 4.69) is 46.3 Å². The summed E-state index contributed by atoms with van der Waals surface area (Å²) in [6.45, 7) is 7.09. The predicted octanol–water partition coefficient (Wildman–Crippen LogP) is 1.39. The van der Waals surface area contributed by atoms with E-state index in [0.29, 0.717) is 12.5 Å². The Bertz CT molecular complexity index is 555. The van der Waals surface area contributed by atoms with Gasteiger partial charge in [-0.25, -0.2) is 0 Å². The van der Waals surface area contributed by atoms with Crippen LogP contribution in [-0.4, -0.2) is 61.3 Å². The number of hydrogen-bond donors (Lipinski definition) is 2. The molecule has 5 heteroatoms. The smallest absolute Gasteiger partial charge is 0.234 e. The lowest BCUT2D eigenvalue weighted by Gasteiger charge is -2.28. The van der Waals surface area contributed by atoms with Crippen molar-refractivity contribution in [3.05, 3.63) is 29.8 Å².